The maximum Gasteiger partial charge on any atom is 0.218 e. The van der Waals surface area contributed by atoms with Crippen molar-refractivity contribution in [2.75, 3.05) is 13.6 Å². The molecular formula is C18H30N4O. The van der Waals surface area contributed by atoms with Gasteiger partial charge in [-0.25, -0.2) is 4.98 Å². The zero-order valence-corrected chi connectivity index (χ0v) is 14.6. The molecule has 1 aliphatic carbocycles. The summed E-state index contributed by atoms with van der Waals surface area (Å²) >= 11 is 0. The van der Waals surface area contributed by atoms with E-state index in [2.05, 4.69) is 40.5 Å². The maximum atomic E-state index is 6.07. The lowest BCUT2D eigenvalue weighted by atomic mass is 10.1. The third kappa shape index (κ3) is 6.08. The fraction of sp³-hybridized carbons (Fsp3) is 0.667. The normalized spacial score (nSPS) is 15.9. The number of nitrogens with one attached hydrogen (secondary N) is 2. The van der Waals surface area contributed by atoms with Gasteiger partial charge in [0.05, 0.1) is 0 Å². The molecule has 0 spiro atoms. The highest BCUT2D eigenvalue weighted by atomic mass is 16.5. The standard InChI is InChI=1S/C18H30N4O/c1-14(2)10-12-21-18(19-3)22-13-15-7-6-11-20-17(15)23-16-8-4-5-9-16/h6-7,11,14,16H,4-5,8-10,12-13H2,1-3H3,(H2,19,21,22). The Balaban J connectivity index is 1.86. The Labute approximate surface area is 139 Å². The first-order valence-corrected chi connectivity index (χ1v) is 8.74. The van der Waals surface area contributed by atoms with Gasteiger partial charge in [0.25, 0.3) is 0 Å². The van der Waals surface area contributed by atoms with Crippen LogP contribution in [0.15, 0.2) is 23.3 Å². The van der Waals surface area contributed by atoms with Gasteiger partial charge >= 0.3 is 0 Å². The molecule has 0 radical (unpaired) electrons. The van der Waals surface area contributed by atoms with Crippen LogP contribution < -0.4 is 15.4 Å². The summed E-state index contributed by atoms with van der Waals surface area (Å²) in [4.78, 5) is 8.67. The van der Waals surface area contributed by atoms with Gasteiger partial charge in [0.1, 0.15) is 6.10 Å². The van der Waals surface area contributed by atoms with Crippen LogP contribution in [0.25, 0.3) is 0 Å². The molecular weight excluding hydrogens is 288 g/mol. The van der Waals surface area contributed by atoms with Gasteiger partial charge in [0.2, 0.25) is 5.88 Å². The van der Waals surface area contributed by atoms with Crippen LogP contribution >= 0.6 is 0 Å². The molecule has 1 fully saturated rings. The molecule has 0 saturated heterocycles. The fourth-order valence-corrected chi connectivity index (χ4v) is 2.71. The van der Waals surface area contributed by atoms with E-state index in [9.17, 15) is 0 Å². The highest BCUT2D eigenvalue weighted by Crippen LogP contribution is 2.24. The highest BCUT2D eigenvalue weighted by molar-refractivity contribution is 5.79. The summed E-state index contributed by atoms with van der Waals surface area (Å²) in [6.07, 6.45) is 8.05. The number of nitrogens with zero attached hydrogens (tertiary/aromatic N) is 2. The summed E-state index contributed by atoms with van der Waals surface area (Å²) in [5, 5.41) is 6.68. The van der Waals surface area contributed by atoms with Crippen LogP contribution in [0.3, 0.4) is 0 Å². The Morgan fingerprint density at radius 1 is 1.35 bits per heavy atom. The Morgan fingerprint density at radius 2 is 2.13 bits per heavy atom. The zero-order valence-electron chi connectivity index (χ0n) is 14.6. The monoisotopic (exact) mass is 318 g/mol. The van der Waals surface area contributed by atoms with Gasteiger partial charge < -0.3 is 15.4 Å². The maximum absolute atomic E-state index is 6.07. The molecule has 2 N–H and O–H groups in total. The van der Waals surface area contributed by atoms with E-state index in [0.29, 0.717) is 18.6 Å². The summed E-state index contributed by atoms with van der Waals surface area (Å²) in [5.74, 6) is 2.26. The first-order valence-electron chi connectivity index (χ1n) is 8.74. The molecule has 0 bridgehead atoms. The Hall–Kier alpha value is -1.78. The van der Waals surface area contributed by atoms with E-state index in [-0.39, 0.29) is 0 Å². The highest BCUT2D eigenvalue weighted by Gasteiger charge is 2.18. The molecule has 0 aliphatic heterocycles. The second kappa shape index (κ2) is 9.38. The first kappa shape index (κ1) is 17.6. The molecule has 2 rings (SSSR count). The van der Waals surface area contributed by atoms with E-state index in [1.165, 1.54) is 12.8 Å². The minimum absolute atomic E-state index is 0.326. The van der Waals surface area contributed by atoms with E-state index >= 15 is 0 Å². The molecule has 0 amide bonds. The van der Waals surface area contributed by atoms with Crippen LogP contribution in [0.1, 0.15) is 51.5 Å². The number of ether oxygens (including phenoxy) is 1. The number of guanidine groups is 1. The number of aromatic nitrogens is 1. The summed E-state index contributed by atoms with van der Waals surface area (Å²) in [5.41, 5.74) is 1.08. The number of hydrogen-bond donors (Lipinski definition) is 2. The molecule has 0 aromatic carbocycles. The third-order valence-electron chi connectivity index (χ3n) is 4.11. The van der Waals surface area contributed by atoms with Crippen molar-refractivity contribution in [1.29, 1.82) is 0 Å². The fourth-order valence-electron chi connectivity index (χ4n) is 2.71. The molecule has 23 heavy (non-hydrogen) atoms. The number of rotatable bonds is 7. The van der Waals surface area contributed by atoms with Crippen molar-refractivity contribution in [2.24, 2.45) is 10.9 Å². The van der Waals surface area contributed by atoms with Crippen LogP contribution in [0, 0.1) is 5.92 Å². The SMILES string of the molecule is CN=C(NCCC(C)C)NCc1cccnc1OC1CCCC1. The average molecular weight is 318 g/mol. The summed E-state index contributed by atoms with van der Waals surface area (Å²) in [6, 6.07) is 4.01. The summed E-state index contributed by atoms with van der Waals surface area (Å²) in [7, 11) is 1.80. The van der Waals surface area contributed by atoms with E-state index in [1.54, 1.807) is 13.2 Å². The van der Waals surface area contributed by atoms with Crippen LogP contribution in [0.5, 0.6) is 5.88 Å². The lowest BCUT2D eigenvalue weighted by Crippen LogP contribution is -2.37. The molecule has 1 saturated carbocycles. The lowest BCUT2D eigenvalue weighted by molar-refractivity contribution is 0.199. The van der Waals surface area contributed by atoms with Crippen molar-refractivity contribution >= 4 is 5.96 Å². The van der Waals surface area contributed by atoms with Gasteiger partial charge in [0, 0.05) is 31.9 Å². The van der Waals surface area contributed by atoms with Gasteiger partial charge in [-0.15, -0.1) is 0 Å². The Bertz CT molecular complexity index is 496. The van der Waals surface area contributed by atoms with Crippen LogP contribution in [0.4, 0.5) is 0 Å². The Kier molecular flexibility index (Phi) is 7.17. The van der Waals surface area contributed by atoms with Gasteiger partial charge in [0.15, 0.2) is 5.96 Å². The largest absolute Gasteiger partial charge is 0.474 e. The van der Waals surface area contributed by atoms with Crippen molar-refractivity contribution in [3.05, 3.63) is 23.9 Å². The van der Waals surface area contributed by atoms with E-state index in [0.717, 1.165) is 43.2 Å². The molecule has 0 atom stereocenters. The van der Waals surface area contributed by atoms with Crippen LogP contribution in [0.2, 0.25) is 0 Å². The molecule has 5 heteroatoms. The third-order valence-corrected chi connectivity index (χ3v) is 4.11. The molecule has 1 aliphatic rings. The lowest BCUT2D eigenvalue weighted by Gasteiger charge is -2.17. The van der Waals surface area contributed by atoms with Gasteiger partial charge in [-0.3, -0.25) is 4.99 Å². The second-order valence-electron chi connectivity index (χ2n) is 6.53. The van der Waals surface area contributed by atoms with Crippen molar-refractivity contribution in [1.82, 2.24) is 15.6 Å². The van der Waals surface area contributed by atoms with Crippen molar-refractivity contribution in [2.45, 2.75) is 58.6 Å². The number of aliphatic imine (C=N–C) groups is 1. The molecule has 1 aromatic heterocycles. The van der Waals surface area contributed by atoms with Crippen molar-refractivity contribution in [3.63, 3.8) is 0 Å². The summed E-state index contributed by atoms with van der Waals surface area (Å²) < 4.78 is 6.07. The van der Waals surface area contributed by atoms with E-state index in [1.807, 2.05) is 6.07 Å². The van der Waals surface area contributed by atoms with Crippen molar-refractivity contribution < 1.29 is 4.74 Å². The van der Waals surface area contributed by atoms with Crippen molar-refractivity contribution in [3.8, 4) is 5.88 Å². The quantitative estimate of drug-likeness (QED) is 0.599. The minimum atomic E-state index is 0.326. The summed E-state index contributed by atoms with van der Waals surface area (Å²) in [6.45, 7) is 6.04. The van der Waals surface area contributed by atoms with Gasteiger partial charge in [-0.1, -0.05) is 19.9 Å². The van der Waals surface area contributed by atoms with Crippen LogP contribution in [-0.4, -0.2) is 30.6 Å². The molecule has 1 aromatic rings. The molecule has 0 unspecified atom stereocenters. The predicted molar refractivity (Wildman–Crippen MR) is 94.8 cm³/mol. The average Bonchev–Trinajstić information content (AvgIpc) is 3.04. The topological polar surface area (TPSA) is 58.5 Å². The molecule has 1 heterocycles. The number of pyridine rings is 1. The van der Waals surface area contributed by atoms with Crippen LogP contribution in [-0.2, 0) is 6.54 Å². The van der Waals surface area contributed by atoms with E-state index in [4.69, 9.17) is 4.74 Å². The van der Waals surface area contributed by atoms with Gasteiger partial charge in [-0.05, 0) is 44.1 Å². The Morgan fingerprint density at radius 3 is 2.83 bits per heavy atom. The first-order chi connectivity index (χ1) is 11.2. The minimum Gasteiger partial charge on any atom is -0.474 e. The van der Waals surface area contributed by atoms with Gasteiger partial charge in [-0.2, -0.15) is 0 Å². The predicted octanol–water partition coefficient (Wildman–Crippen LogP) is 3.11. The zero-order chi connectivity index (χ0) is 16.5. The molecule has 5 nitrogen and oxygen atoms in total. The number of hydrogen-bond acceptors (Lipinski definition) is 3. The molecule has 128 valence electrons. The second-order valence-corrected chi connectivity index (χ2v) is 6.53. The van der Waals surface area contributed by atoms with E-state index < -0.39 is 0 Å². The smallest absolute Gasteiger partial charge is 0.218 e.